The Hall–Kier alpha value is -3.57. The third-order valence-corrected chi connectivity index (χ3v) is 3.94. The van der Waals surface area contributed by atoms with Crippen LogP contribution in [0.2, 0.25) is 0 Å². The fraction of sp³-hybridized carbons (Fsp3) is 0.190. The van der Waals surface area contributed by atoms with Crippen molar-refractivity contribution in [3.8, 4) is 18.0 Å². The molecule has 0 spiro atoms. The Morgan fingerprint density at radius 2 is 1.92 bits per heavy atom. The number of hydrogen-bond donors (Lipinski definition) is 1. The molecule has 0 fully saturated rings. The number of fused-ring (bicyclic) bond motifs is 1. The van der Waals surface area contributed by atoms with E-state index < -0.39 is 5.60 Å². The third kappa shape index (κ3) is 3.91. The van der Waals surface area contributed by atoms with Crippen molar-refractivity contribution in [1.82, 2.24) is 5.32 Å². The molecule has 0 atom stereocenters. The van der Waals surface area contributed by atoms with Crippen LogP contribution >= 0.6 is 0 Å². The molecule has 0 aliphatic carbocycles. The number of nitriles is 2. The molecule has 0 aromatic heterocycles. The van der Waals surface area contributed by atoms with Crippen molar-refractivity contribution >= 4 is 11.5 Å². The van der Waals surface area contributed by atoms with Gasteiger partial charge in [-0.3, -0.25) is 0 Å². The lowest BCUT2D eigenvalue weighted by molar-refractivity contribution is 0.157. The predicted molar refractivity (Wildman–Crippen MR) is 100 cm³/mol. The minimum Gasteiger partial charge on any atom is -0.483 e. The van der Waals surface area contributed by atoms with Gasteiger partial charge in [0.2, 0.25) is 6.19 Å². The number of amidine groups is 1. The summed E-state index contributed by atoms with van der Waals surface area (Å²) in [7, 11) is 0. The highest BCUT2D eigenvalue weighted by atomic mass is 16.5. The van der Waals surface area contributed by atoms with Gasteiger partial charge in [0.05, 0.1) is 17.3 Å². The highest BCUT2D eigenvalue weighted by Crippen LogP contribution is 2.35. The Kier molecular flexibility index (Phi) is 4.73. The van der Waals surface area contributed by atoms with Crippen LogP contribution in [0.4, 0.5) is 0 Å². The van der Waals surface area contributed by atoms with Gasteiger partial charge in [-0.05, 0) is 43.7 Å². The SMILES string of the molecule is CC1(C)C=C(N/C(Cc2ccccc2)=N/C#N)c2cc(C#N)ccc2O1. The molecule has 0 unspecified atom stereocenters. The van der Waals surface area contributed by atoms with E-state index in [-0.39, 0.29) is 0 Å². The summed E-state index contributed by atoms with van der Waals surface area (Å²) in [5.74, 6) is 1.23. The normalized spacial score (nSPS) is 14.9. The molecule has 1 N–H and O–H groups in total. The van der Waals surface area contributed by atoms with Crippen LogP contribution < -0.4 is 10.1 Å². The van der Waals surface area contributed by atoms with E-state index in [1.54, 1.807) is 18.2 Å². The Labute approximate surface area is 152 Å². The maximum Gasteiger partial charge on any atom is 0.207 e. The molecule has 0 radical (unpaired) electrons. The summed E-state index contributed by atoms with van der Waals surface area (Å²) in [5, 5.41) is 21.5. The van der Waals surface area contributed by atoms with Crippen LogP contribution in [0.1, 0.15) is 30.5 Å². The molecule has 0 amide bonds. The molecular formula is C21H18N4O. The van der Waals surface area contributed by atoms with E-state index in [2.05, 4.69) is 16.4 Å². The van der Waals surface area contributed by atoms with Gasteiger partial charge in [-0.1, -0.05) is 30.3 Å². The first-order chi connectivity index (χ1) is 12.5. The van der Waals surface area contributed by atoms with Crippen LogP contribution in [-0.2, 0) is 6.42 Å². The lowest BCUT2D eigenvalue weighted by Crippen LogP contribution is -2.34. The molecule has 128 valence electrons. The van der Waals surface area contributed by atoms with Crippen LogP contribution in [0.15, 0.2) is 59.6 Å². The summed E-state index contributed by atoms with van der Waals surface area (Å²) >= 11 is 0. The molecule has 0 saturated heterocycles. The number of benzene rings is 2. The molecule has 2 aromatic carbocycles. The van der Waals surface area contributed by atoms with Gasteiger partial charge in [0.1, 0.15) is 17.2 Å². The van der Waals surface area contributed by atoms with E-state index in [1.807, 2.05) is 56.4 Å². The maximum absolute atomic E-state index is 9.19. The minimum absolute atomic E-state index is 0.500. The molecule has 0 bridgehead atoms. The molecule has 5 nitrogen and oxygen atoms in total. The summed E-state index contributed by atoms with van der Waals surface area (Å²) < 4.78 is 5.98. The monoisotopic (exact) mass is 342 g/mol. The average molecular weight is 342 g/mol. The minimum atomic E-state index is -0.520. The summed E-state index contributed by atoms with van der Waals surface area (Å²) in [4.78, 5) is 3.94. The number of rotatable bonds is 3. The van der Waals surface area contributed by atoms with Gasteiger partial charge in [0.25, 0.3) is 0 Å². The molecule has 0 saturated carbocycles. The zero-order valence-corrected chi connectivity index (χ0v) is 14.7. The Morgan fingerprint density at radius 3 is 2.62 bits per heavy atom. The van der Waals surface area contributed by atoms with Gasteiger partial charge in [-0.15, -0.1) is 0 Å². The quantitative estimate of drug-likeness (QED) is 0.523. The predicted octanol–water partition coefficient (Wildman–Crippen LogP) is 3.78. The summed E-state index contributed by atoms with van der Waals surface area (Å²) in [6.45, 7) is 3.91. The smallest absolute Gasteiger partial charge is 0.207 e. The van der Waals surface area contributed by atoms with E-state index in [0.717, 1.165) is 16.8 Å². The Morgan fingerprint density at radius 1 is 1.15 bits per heavy atom. The van der Waals surface area contributed by atoms with Gasteiger partial charge in [0, 0.05) is 12.0 Å². The first-order valence-corrected chi connectivity index (χ1v) is 8.24. The first kappa shape index (κ1) is 17.3. The maximum atomic E-state index is 9.19. The van der Waals surface area contributed by atoms with Crippen LogP contribution in [0.25, 0.3) is 5.70 Å². The number of aliphatic imine (C=N–C) groups is 1. The lowest BCUT2D eigenvalue weighted by Gasteiger charge is -2.31. The number of nitrogens with zero attached hydrogens (tertiary/aromatic N) is 3. The second-order valence-electron chi connectivity index (χ2n) is 6.53. The summed E-state index contributed by atoms with van der Waals surface area (Å²) in [5.41, 5.74) is 2.63. The van der Waals surface area contributed by atoms with Gasteiger partial charge in [-0.25, -0.2) is 0 Å². The van der Waals surface area contributed by atoms with Gasteiger partial charge >= 0.3 is 0 Å². The number of hydrogen-bond acceptors (Lipinski definition) is 4. The van der Waals surface area contributed by atoms with Gasteiger partial charge in [-0.2, -0.15) is 15.5 Å². The van der Waals surface area contributed by atoms with Crippen molar-refractivity contribution in [3.05, 3.63) is 71.3 Å². The average Bonchev–Trinajstić information content (AvgIpc) is 2.61. The lowest BCUT2D eigenvalue weighted by atomic mass is 9.97. The highest BCUT2D eigenvalue weighted by molar-refractivity contribution is 5.94. The second-order valence-corrected chi connectivity index (χ2v) is 6.53. The van der Waals surface area contributed by atoms with Crippen LogP contribution in [0, 0.1) is 22.8 Å². The molecule has 5 heteroatoms. The fourth-order valence-electron chi connectivity index (χ4n) is 2.86. The number of nitrogens with one attached hydrogen (secondary N) is 1. The van der Waals surface area contributed by atoms with Crippen LogP contribution in [-0.4, -0.2) is 11.4 Å². The first-order valence-electron chi connectivity index (χ1n) is 8.24. The summed E-state index contributed by atoms with van der Waals surface area (Å²) in [6, 6.07) is 17.3. The Bertz CT molecular complexity index is 960. The van der Waals surface area contributed by atoms with Crippen molar-refractivity contribution in [1.29, 1.82) is 10.5 Å². The molecule has 2 aromatic rings. The van der Waals surface area contributed by atoms with E-state index in [1.165, 1.54) is 0 Å². The van der Waals surface area contributed by atoms with Gasteiger partial charge < -0.3 is 10.1 Å². The molecule has 1 heterocycles. The zero-order valence-electron chi connectivity index (χ0n) is 14.7. The van der Waals surface area contributed by atoms with Crippen molar-refractivity contribution < 1.29 is 4.74 Å². The van der Waals surface area contributed by atoms with Crippen molar-refractivity contribution in [3.63, 3.8) is 0 Å². The zero-order chi connectivity index (χ0) is 18.6. The molecular weight excluding hydrogens is 324 g/mol. The molecule has 26 heavy (non-hydrogen) atoms. The van der Waals surface area contributed by atoms with Crippen molar-refractivity contribution in [2.45, 2.75) is 25.9 Å². The number of ether oxygens (including phenoxy) is 1. The van der Waals surface area contributed by atoms with Gasteiger partial charge in [0.15, 0.2) is 0 Å². The van der Waals surface area contributed by atoms with E-state index in [9.17, 15) is 5.26 Å². The van der Waals surface area contributed by atoms with Crippen LogP contribution in [0.5, 0.6) is 5.75 Å². The fourth-order valence-corrected chi connectivity index (χ4v) is 2.86. The molecule has 1 aliphatic heterocycles. The highest BCUT2D eigenvalue weighted by Gasteiger charge is 2.27. The van der Waals surface area contributed by atoms with Crippen molar-refractivity contribution in [2.24, 2.45) is 4.99 Å². The van der Waals surface area contributed by atoms with Crippen molar-refractivity contribution in [2.75, 3.05) is 0 Å². The van der Waals surface area contributed by atoms with Crippen LogP contribution in [0.3, 0.4) is 0 Å². The largest absolute Gasteiger partial charge is 0.483 e. The second kappa shape index (κ2) is 7.13. The Balaban J connectivity index is 1.96. The third-order valence-electron chi connectivity index (χ3n) is 3.94. The molecule has 1 aliphatic rings. The standard InChI is InChI=1S/C21H18N4O/c1-21(2)12-18(17-10-16(13-22)8-9-19(17)26-21)25-20(24-14-23)11-15-6-4-3-5-7-15/h3-10,12H,11H2,1-2H3,(H,24,25). The topological polar surface area (TPSA) is 81.2 Å². The van der Waals surface area contributed by atoms with E-state index >= 15 is 0 Å². The summed E-state index contributed by atoms with van der Waals surface area (Å²) in [6.07, 6.45) is 4.30. The van der Waals surface area contributed by atoms with E-state index in [0.29, 0.717) is 23.6 Å². The molecule has 3 rings (SSSR count). The van der Waals surface area contributed by atoms with E-state index in [4.69, 9.17) is 10.00 Å².